The van der Waals surface area contributed by atoms with Gasteiger partial charge in [-0.05, 0) is 37.1 Å². The second kappa shape index (κ2) is 5.37. The van der Waals surface area contributed by atoms with E-state index in [0.29, 0.717) is 18.2 Å². The number of hydrogen-bond acceptors (Lipinski definition) is 2. The maximum absolute atomic E-state index is 12.8. The van der Waals surface area contributed by atoms with E-state index >= 15 is 0 Å². The molecule has 1 fully saturated rings. The molecule has 16 heavy (non-hydrogen) atoms. The average molecular weight is 227 g/mol. The molecule has 1 aliphatic rings. The topological polar surface area (TPSA) is 21.3 Å². The minimum Gasteiger partial charge on any atom is -0.375 e. The Hall–Kier alpha value is -1.00. The normalized spacial score (nSPS) is 20.2. The van der Waals surface area contributed by atoms with Gasteiger partial charge in [-0.2, -0.15) is 0 Å². The van der Waals surface area contributed by atoms with Crippen LogP contribution >= 0.6 is 0 Å². The van der Waals surface area contributed by atoms with Crippen LogP contribution in [0.4, 0.5) is 8.78 Å². The van der Waals surface area contributed by atoms with Crippen LogP contribution in [-0.2, 0) is 11.3 Å². The second-order valence-electron chi connectivity index (χ2n) is 4.09. The fourth-order valence-electron chi connectivity index (χ4n) is 1.91. The monoisotopic (exact) mass is 227 g/mol. The highest BCUT2D eigenvalue weighted by Crippen LogP contribution is 2.10. The zero-order valence-corrected chi connectivity index (χ0v) is 9.01. The maximum atomic E-state index is 12.8. The summed E-state index contributed by atoms with van der Waals surface area (Å²) in [4.78, 5) is 0. The number of rotatable bonds is 4. The van der Waals surface area contributed by atoms with Crippen LogP contribution in [0.1, 0.15) is 18.4 Å². The number of ether oxygens (including phenoxy) is 1. The first-order chi connectivity index (χ1) is 7.74. The van der Waals surface area contributed by atoms with Crippen molar-refractivity contribution >= 4 is 0 Å². The molecule has 4 heteroatoms. The lowest BCUT2D eigenvalue weighted by Gasteiger charge is -2.10. The van der Waals surface area contributed by atoms with E-state index in [1.54, 1.807) is 0 Å². The van der Waals surface area contributed by atoms with Crippen molar-refractivity contribution < 1.29 is 13.5 Å². The number of halogens is 2. The van der Waals surface area contributed by atoms with Gasteiger partial charge in [-0.25, -0.2) is 8.78 Å². The summed E-state index contributed by atoms with van der Waals surface area (Å²) in [6, 6.07) is 3.84. The van der Waals surface area contributed by atoms with Gasteiger partial charge in [0.1, 0.15) is 11.6 Å². The molecule has 0 saturated carbocycles. The van der Waals surface area contributed by atoms with Crippen LogP contribution in [0.25, 0.3) is 0 Å². The molecule has 1 N–H and O–H groups in total. The molecule has 0 aliphatic carbocycles. The summed E-state index contributed by atoms with van der Waals surface area (Å²) in [6.07, 6.45) is 2.28. The summed E-state index contributed by atoms with van der Waals surface area (Å²) in [6.45, 7) is 1.88. The number of hydrogen-bond donors (Lipinski definition) is 1. The smallest absolute Gasteiger partial charge is 0.126 e. The molecule has 1 saturated heterocycles. The van der Waals surface area contributed by atoms with Crippen molar-refractivity contribution in [3.05, 3.63) is 35.4 Å². The molecular formula is C12H15F2NO. The second-order valence-corrected chi connectivity index (χ2v) is 4.09. The Morgan fingerprint density at radius 3 is 2.62 bits per heavy atom. The van der Waals surface area contributed by atoms with Crippen molar-refractivity contribution in [3.63, 3.8) is 0 Å². The van der Waals surface area contributed by atoms with Gasteiger partial charge in [-0.1, -0.05) is 0 Å². The van der Waals surface area contributed by atoms with E-state index in [1.807, 2.05) is 0 Å². The molecule has 0 amide bonds. The molecule has 1 atom stereocenters. The highest BCUT2D eigenvalue weighted by atomic mass is 19.1. The van der Waals surface area contributed by atoms with Crippen LogP contribution in [0.15, 0.2) is 18.2 Å². The molecule has 2 nitrogen and oxygen atoms in total. The van der Waals surface area contributed by atoms with Gasteiger partial charge in [-0.3, -0.25) is 0 Å². The largest absolute Gasteiger partial charge is 0.375 e. The Morgan fingerprint density at radius 2 is 2.00 bits per heavy atom. The third kappa shape index (κ3) is 3.25. The van der Waals surface area contributed by atoms with Crippen molar-refractivity contribution in [2.45, 2.75) is 25.5 Å². The van der Waals surface area contributed by atoms with Crippen LogP contribution in [0.2, 0.25) is 0 Å². The molecule has 0 aromatic heterocycles. The highest BCUT2D eigenvalue weighted by Gasteiger charge is 2.13. The maximum Gasteiger partial charge on any atom is 0.126 e. The minimum absolute atomic E-state index is 0.257. The summed E-state index contributed by atoms with van der Waals surface area (Å²) < 4.78 is 31.1. The summed E-state index contributed by atoms with van der Waals surface area (Å²) in [5, 5.41) is 3.29. The number of benzene rings is 1. The number of nitrogens with one attached hydrogen (secondary N) is 1. The van der Waals surface area contributed by atoms with Gasteiger partial charge in [0.2, 0.25) is 0 Å². The zero-order chi connectivity index (χ0) is 11.4. The zero-order valence-electron chi connectivity index (χ0n) is 9.01. The Labute approximate surface area is 93.6 Å². The fraction of sp³-hybridized carbons (Fsp3) is 0.500. The molecule has 88 valence electrons. The van der Waals surface area contributed by atoms with E-state index in [9.17, 15) is 8.78 Å². The van der Waals surface area contributed by atoms with Gasteiger partial charge in [0.05, 0.1) is 13.2 Å². The molecular weight excluding hydrogens is 212 g/mol. The first-order valence-corrected chi connectivity index (χ1v) is 5.50. The standard InChI is InChI=1S/C12H15F2NO/c13-10-4-9(5-11(14)6-10)7-16-8-12-2-1-3-15-12/h4-6,12,15H,1-3,7-8H2. The van der Waals surface area contributed by atoms with Gasteiger partial charge < -0.3 is 10.1 Å². The summed E-state index contributed by atoms with van der Waals surface area (Å²) in [5.41, 5.74) is 0.537. The van der Waals surface area contributed by atoms with Gasteiger partial charge in [0, 0.05) is 12.1 Å². The lowest BCUT2D eigenvalue weighted by atomic mass is 10.2. The van der Waals surface area contributed by atoms with Crippen molar-refractivity contribution in [3.8, 4) is 0 Å². The van der Waals surface area contributed by atoms with Crippen molar-refractivity contribution in [2.24, 2.45) is 0 Å². The SMILES string of the molecule is Fc1cc(F)cc(COCC2CCCN2)c1. The molecule has 1 aromatic carbocycles. The fourth-order valence-corrected chi connectivity index (χ4v) is 1.91. The molecule has 1 aliphatic heterocycles. The molecule has 0 bridgehead atoms. The van der Waals surface area contributed by atoms with Gasteiger partial charge in [-0.15, -0.1) is 0 Å². The van der Waals surface area contributed by atoms with Crippen molar-refractivity contribution in [2.75, 3.05) is 13.2 Å². The van der Waals surface area contributed by atoms with E-state index in [2.05, 4.69) is 5.32 Å². The Kier molecular flexibility index (Phi) is 3.85. The molecule has 1 unspecified atom stereocenters. The van der Waals surface area contributed by atoms with Crippen LogP contribution < -0.4 is 5.32 Å². The van der Waals surface area contributed by atoms with Gasteiger partial charge in [0.25, 0.3) is 0 Å². The van der Waals surface area contributed by atoms with E-state index in [-0.39, 0.29) is 6.61 Å². The van der Waals surface area contributed by atoms with Crippen LogP contribution in [-0.4, -0.2) is 19.2 Å². The predicted molar refractivity (Wildman–Crippen MR) is 57.0 cm³/mol. The van der Waals surface area contributed by atoms with E-state index in [0.717, 1.165) is 19.0 Å². The predicted octanol–water partition coefficient (Wildman–Crippen LogP) is 2.23. The van der Waals surface area contributed by atoms with Gasteiger partial charge in [0.15, 0.2) is 0 Å². The van der Waals surface area contributed by atoms with E-state index < -0.39 is 11.6 Å². The Morgan fingerprint density at radius 1 is 1.25 bits per heavy atom. The van der Waals surface area contributed by atoms with E-state index in [1.165, 1.54) is 18.6 Å². The molecule has 1 aromatic rings. The lowest BCUT2D eigenvalue weighted by molar-refractivity contribution is 0.103. The summed E-state index contributed by atoms with van der Waals surface area (Å²) in [5.74, 6) is -1.12. The lowest BCUT2D eigenvalue weighted by Crippen LogP contribution is -2.26. The average Bonchev–Trinajstić information content (AvgIpc) is 2.69. The Balaban J connectivity index is 1.80. The first-order valence-electron chi connectivity index (χ1n) is 5.50. The van der Waals surface area contributed by atoms with E-state index in [4.69, 9.17) is 4.74 Å². The van der Waals surface area contributed by atoms with Crippen LogP contribution in [0.5, 0.6) is 0 Å². The molecule has 0 radical (unpaired) electrons. The van der Waals surface area contributed by atoms with Gasteiger partial charge >= 0.3 is 0 Å². The molecule has 2 rings (SSSR count). The third-order valence-corrected chi connectivity index (χ3v) is 2.67. The Bertz CT molecular complexity index is 331. The highest BCUT2D eigenvalue weighted by molar-refractivity contribution is 5.16. The third-order valence-electron chi connectivity index (χ3n) is 2.67. The van der Waals surface area contributed by atoms with Crippen molar-refractivity contribution in [1.29, 1.82) is 0 Å². The summed E-state index contributed by atoms with van der Waals surface area (Å²) in [7, 11) is 0. The van der Waals surface area contributed by atoms with Crippen LogP contribution in [0, 0.1) is 11.6 Å². The minimum atomic E-state index is -0.558. The first kappa shape index (κ1) is 11.5. The summed E-state index contributed by atoms with van der Waals surface area (Å²) >= 11 is 0. The molecule has 1 heterocycles. The van der Waals surface area contributed by atoms with Crippen LogP contribution in [0.3, 0.4) is 0 Å². The molecule has 0 spiro atoms. The quantitative estimate of drug-likeness (QED) is 0.851. The van der Waals surface area contributed by atoms with Crippen molar-refractivity contribution in [1.82, 2.24) is 5.32 Å².